The van der Waals surface area contributed by atoms with Gasteiger partial charge in [-0.1, -0.05) is 44.9 Å². The fourth-order valence-corrected chi connectivity index (χ4v) is 6.33. The maximum Gasteiger partial charge on any atom is 0.459 e. The molecule has 0 saturated carbocycles. The number of nitrogen functional groups attached to an aromatic ring is 1. The minimum absolute atomic E-state index is 0.204. The molecule has 2 aromatic heterocycles. The molecule has 0 unspecified atom stereocenters. The van der Waals surface area contributed by atoms with Crippen LogP contribution in [0, 0.1) is 5.92 Å². The largest absolute Gasteiger partial charge is 0.464 e. The van der Waals surface area contributed by atoms with Crippen molar-refractivity contribution in [2.75, 3.05) is 26.0 Å². The van der Waals surface area contributed by atoms with E-state index in [0.717, 1.165) is 12.8 Å². The number of hydrogen-bond acceptors (Lipinski definition) is 12. The lowest BCUT2D eigenvalue weighted by Gasteiger charge is -2.28. The molecule has 1 aliphatic heterocycles. The van der Waals surface area contributed by atoms with Crippen molar-refractivity contribution in [3.63, 3.8) is 0 Å². The standard InChI is InChI=1S/C28H39N6O8P/c1-5-19(6-2)14-39-27(37)18(3)33-43(38,42-20-10-8-7-9-11-20)40-15-22-24(35)25(36)28(41-22,16-30-4)23-13-12-21-26(29)31-17-32-34(21)23/h7-13,16-19,22,24-25,35-36H,5-6,14-15H2,1-4H3,(H,33,38)(H2,29,31,32)/b30-16-/t18-,22+,24+,25+,28-,43-/m0/s1. The van der Waals surface area contributed by atoms with Crippen molar-refractivity contribution >= 4 is 31.3 Å². The zero-order valence-electron chi connectivity index (χ0n) is 24.6. The summed E-state index contributed by atoms with van der Waals surface area (Å²) < 4.78 is 38.5. The molecular weight excluding hydrogens is 579 g/mol. The summed E-state index contributed by atoms with van der Waals surface area (Å²) in [5.41, 5.74) is 5.10. The summed E-state index contributed by atoms with van der Waals surface area (Å²) in [5.74, 6) is 0.00267. The van der Waals surface area contributed by atoms with E-state index in [-0.39, 0.29) is 24.1 Å². The van der Waals surface area contributed by atoms with Crippen LogP contribution in [0.4, 0.5) is 5.82 Å². The molecule has 0 bridgehead atoms. The smallest absolute Gasteiger partial charge is 0.459 e. The van der Waals surface area contributed by atoms with E-state index in [9.17, 15) is 19.6 Å². The van der Waals surface area contributed by atoms with Crippen LogP contribution in [-0.2, 0) is 29.0 Å². The van der Waals surface area contributed by atoms with Gasteiger partial charge < -0.3 is 29.9 Å². The molecule has 3 aromatic rings. The van der Waals surface area contributed by atoms with E-state index in [1.54, 1.807) is 42.5 Å². The van der Waals surface area contributed by atoms with E-state index in [1.165, 1.54) is 31.0 Å². The number of benzene rings is 1. The van der Waals surface area contributed by atoms with Crippen LogP contribution in [0.15, 0.2) is 53.8 Å². The van der Waals surface area contributed by atoms with Gasteiger partial charge in [0.2, 0.25) is 0 Å². The van der Waals surface area contributed by atoms with Crippen molar-refractivity contribution in [1.29, 1.82) is 0 Å². The maximum atomic E-state index is 14.0. The second kappa shape index (κ2) is 13.9. The highest BCUT2D eigenvalue weighted by molar-refractivity contribution is 7.52. The van der Waals surface area contributed by atoms with E-state index in [0.29, 0.717) is 11.2 Å². The lowest BCUT2D eigenvalue weighted by molar-refractivity contribution is -0.146. The number of ether oxygens (including phenoxy) is 2. The molecule has 0 aliphatic carbocycles. The molecule has 1 fully saturated rings. The topological polar surface area (TPSA) is 192 Å². The highest BCUT2D eigenvalue weighted by Crippen LogP contribution is 2.47. The number of hydrogen-bond donors (Lipinski definition) is 4. The van der Waals surface area contributed by atoms with Gasteiger partial charge in [-0.2, -0.15) is 10.2 Å². The number of aliphatic hydroxyl groups excluding tert-OH is 2. The van der Waals surface area contributed by atoms with Gasteiger partial charge in [0.05, 0.1) is 18.9 Å². The maximum absolute atomic E-state index is 14.0. The summed E-state index contributed by atoms with van der Waals surface area (Å²) in [6, 6.07) is 10.5. The Bertz CT molecular complexity index is 1450. The molecule has 0 spiro atoms. The summed E-state index contributed by atoms with van der Waals surface area (Å²) in [5, 5.41) is 29.2. The van der Waals surface area contributed by atoms with E-state index >= 15 is 0 Å². The molecule has 4 rings (SSSR count). The fourth-order valence-electron chi connectivity index (χ4n) is 4.83. The third-order valence-corrected chi connectivity index (χ3v) is 9.04. The summed E-state index contributed by atoms with van der Waals surface area (Å²) in [6.45, 7) is 5.25. The van der Waals surface area contributed by atoms with Crippen molar-refractivity contribution in [1.82, 2.24) is 19.7 Å². The monoisotopic (exact) mass is 618 g/mol. The van der Waals surface area contributed by atoms with Crippen LogP contribution in [0.2, 0.25) is 0 Å². The lowest BCUT2D eigenvalue weighted by Crippen LogP contribution is -2.43. The highest BCUT2D eigenvalue weighted by atomic mass is 31.2. The minimum Gasteiger partial charge on any atom is -0.464 e. The Kier molecular flexibility index (Phi) is 10.5. The van der Waals surface area contributed by atoms with Gasteiger partial charge in [0, 0.05) is 13.3 Å². The molecule has 1 aromatic carbocycles. The number of aliphatic hydroxyl groups is 2. The zero-order valence-corrected chi connectivity index (χ0v) is 25.5. The molecule has 3 heterocycles. The van der Waals surface area contributed by atoms with Gasteiger partial charge in [-0.3, -0.25) is 14.3 Å². The first-order valence-corrected chi connectivity index (χ1v) is 15.6. The number of carbonyl (C=O) groups is 1. The van der Waals surface area contributed by atoms with Gasteiger partial charge in [0.25, 0.3) is 0 Å². The van der Waals surface area contributed by atoms with Gasteiger partial charge in [-0.15, -0.1) is 0 Å². The zero-order chi connectivity index (χ0) is 31.2. The second-order valence-electron chi connectivity index (χ2n) is 10.3. The van der Waals surface area contributed by atoms with Crippen LogP contribution >= 0.6 is 7.75 Å². The third-order valence-electron chi connectivity index (χ3n) is 7.39. The summed E-state index contributed by atoms with van der Waals surface area (Å²) in [7, 11) is -2.78. The number of para-hydroxylation sites is 1. The van der Waals surface area contributed by atoms with Crippen molar-refractivity contribution in [2.45, 2.75) is 63.6 Å². The molecule has 6 atom stereocenters. The number of nitrogens with two attached hydrogens (primary N) is 1. The number of anilines is 1. The summed E-state index contributed by atoms with van der Waals surface area (Å²) >= 11 is 0. The second-order valence-corrected chi connectivity index (χ2v) is 12.0. The summed E-state index contributed by atoms with van der Waals surface area (Å²) in [6.07, 6.45) is 0.0605. The molecular formula is C28H39N6O8P. The van der Waals surface area contributed by atoms with Crippen LogP contribution in [0.3, 0.4) is 0 Å². The van der Waals surface area contributed by atoms with Crippen molar-refractivity contribution < 1.29 is 38.1 Å². The SMILES string of the molecule is CCC(CC)COC(=O)[C@H](C)N[P@](=O)(OC[C@H]1O[C@@](/C=N\C)(c2ccc3c(N)ncnn23)[C@H](O)[C@@H]1O)Oc1ccccc1. The van der Waals surface area contributed by atoms with E-state index in [4.69, 9.17) is 24.3 Å². The Morgan fingerprint density at radius 2 is 1.98 bits per heavy atom. The predicted molar refractivity (Wildman–Crippen MR) is 159 cm³/mol. The molecule has 1 aliphatic rings. The van der Waals surface area contributed by atoms with E-state index < -0.39 is 50.3 Å². The number of nitrogens with zero attached hydrogens (tertiary/aromatic N) is 4. The Hall–Kier alpha value is -3.39. The van der Waals surface area contributed by atoms with Gasteiger partial charge in [0.15, 0.2) is 11.4 Å². The summed E-state index contributed by atoms with van der Waals surface area (Å²) in [4.78, 5) is 20.8. The van der Waals surface area contributed by atoms with Crippen LogP contribution in [0.25, 0.3) is 5.52 Å². The number of aromatic nitrogens is 3. The normalized spacial score (nSPS) is 24.4. The Labute approximate surface area is 249 Å². The van der Waals surface area contributed by atoms with Crippen LogP contribution < -0.4 is 15.3 Å². The molecule has 0 radical (unpaired) electrons. The average molecular weight is 619 g/mol. The molecule has 5 N–H and O–H groups in total. The Morgan fingerprint density at radius 1 is 1.26 bits per heavy atom. The number of aliphatic imine (C=N–C) groups is 1. The molecule has 15 heteroatoms. The van der Waals surface area contributed by atoms with Crippen LogP contribution in [0.5, 0.6) is 5.75 Å². The minimum atomic E-state index is -4.27. The van der Waals surface area contributed by atoms with Crippen molar-refractivity contribution in [3.8, 4) is 5.75 Å². The van der Waals surface area contributed by atoms with Crippen molar-refractivity contribution in [3.05, 3.63) is 54.5 Å². The first kappa shape index (κ1) is 32.5. The number of esters is 1. The van der Waals surface area contributed by atoms with Gasteiger partial charge >= 0.3 is 13.7 Å². The fraction of sp³-hybridized carbons (Fsp3) is 0.500. The first-order chi connectivity index (χ1) is 20.6. The Morgan fingerprint density at radius 3 is 2.65 bits per heavy atom. The van der Waals surface area contributed by atoms with E-state index in [1.807, 2.05) is 13.8 Å². The van der Waals surface area contributed by atoms with Crippen LogP contribution in [-0.4, -0.2) is 81.6 Å². The molecule has 43 heavy (non-hydrogen) atoms. The van der Waals surface area contributed by atoms with Crippen molar-refractivity contribution in [2.24, 2.45) is 10.9 Å². The van der Waals surface area contributed by atoms with Gasteiger partial charge in [-0.25, -0.2) is 14.1 Å². The van der Waals surface area contributed by atoms with E-state index in [2.05, 4.69) is 20.2 Å². The quantitative estimate of drug-likeness (QED) is 0.117. The predicted octanol–water partition coefficient (Wildman–Crippen LogP) is 2.49. The molecule has 0 amide bonds. The molecule has 1 saturated heterocycles. The third kappa shape index (κ3) is 7.06. The number of nitrogens with one attached hydrogen (secondary N) is 1. The van der Waals surface area contributed by atoms with Gasteiger partial charge in [-0.05, 0) is 37.1 Å². The number of carbonyl (C=O) groups excluding carboxylic acids is 1. The Balaban J connectivity index is 1.56. The lowest BCUT2D eigenvalue weighted by atomic mass is 9.92. The average Bonchev–Trinajstić information content (AvgIpc) is 3.54. The van der Waals surface area contributed by atoms with Crippen LogP contribution in [0.1, 0.15) is 39.3 Å². The number of rotatable bonds is 14. The van der Waals surface area contributed by atoms with Gasteiger partial charge in [0.1, 0.15) is 41.9 Å². The molecule has 234 valence electrons. The number of fused-ring (bicyclic) bond motifs is 1. The highest BCUT2D eigenvalue weighted by Gasteiger charge is 2.56. The molecule has 14 nitrogen and oxygen atoms in total. The first-order valence-electron chi connectivity index (χ1n) is 14.1.